The molecule has 2 aromatic rings. The predicted molar refractivity (Wildman–Crippen MR) is 103 cm³/mol. The third-order valence-corrected chi connectivity index (χ3v) is 5.51. The molecule has 4 nitrogen and oxygen atoms in total. The van der Waals surface area contributed by atoms with Gasteiger partial charge < -0.3 is 0 Å². The average molecular weight is 489 g/mol. The fourth-order valence-corrected chi connectivity index (χ4v) is 3.98. The van der Waals surface area contributed by atoms with Crippen molar-refractivity contribution in [3.63, 3.8) is 0 Å². The van der Waals surface area contributed by atoms with Gasteiger partial charge in [-0.2, -0.15) is 27.1 Å². The molecule has 2 heterocycles. The molecule has 0 unspecified atom stereocenters. The number of alkyl halides is 7. The van der Waals surface area contributed by atoms with E-state index in [1.807, 2.05) is 0 Å². The maximum absolute atomic E-state index is 14.0. The summed E-state index contributed by atoms with van der Waals surface area (Å²) in [5.74, 6) is -7.62. The van der Waals surface area contributed by atoms with E-state index in [1.165, 1.54) is 30.1 Å². The van der Waals surface area contributed by atoms with Gasteiger partial charge in [-0.3, -0.25) is 4.68 Å². The number of aromatic nitrogens is 3. The van der Waals surface area contributed by atoms with Gasteiger partial charge in [0.2, 0.25) is 5.92 Å². The molecule has 0 spiro atoms. The van der Waals surface area contributed by atoms with Gasteiger partial charge in [-0.25, -0.2) is 18.8 Å². The van der Waals surface area contributed by atoms with Crippen LogP contribution in [-0.4, -0.2) is 32.1 Å². The fourth-order valence-electron chi connectivity index (χ4n) is 3.28. The number of thioether (sulfide) groups is 1. The maximum atomic E-state index is 14.0. The van der Waals surface area contributed by atoms with Gasteiger partial charge in [-0.05, 0) is 24.3 Å². The minimum Gasteiger partial charge on any atom is -0.261 e. The van der Waals surface area contributed by atoms with Crippen molar-refractivity contribution < 1.29 is 30.7 Å². The topological polar surface area (TPSA) is 43.1 Å². The molecular weight excluding hydrogens is 473 g/mol. The Bertz CT molecular complexity index is 990. The van der Waals surface area contributed by atoms with Crippen LogP contribution in [0.5, 0.6) is 0 Å². The Morgan fingerprint density at radius 3 is 2.45 bits per heavy atom. The van der Waals surface area contributed by atoms with E-state index in [0.717, 1.165) is 0 Å². The van der Waals surface area contributed by atoms with Crippen LogP contribution in [0, 0.1) is 5.92 Å². The van der Waals surface area contributed by atoms with Crippen molar-refractivity contribution in [1.82, 2.24) is 14.8 Å². The Morgan fingerprint density at radius 2 is 1.94 bits per heavy atom. The van der Waals surface area contributed by atoms with Gasteiger partial charge in [0.1, 0.15) is 17.0 Å². The minimum absolute atomic E-state index is 0.144. The molecule has 31 heavy (non-hydrogen) atoms. The summed E-state index contributed by atoms with van der Waals surface area (Å²) in [7, 11) is 0. The molecule has 0 N–H and O–H groups in total. The van der Waals surface area contributed by atoms with E-state index >= 15 is 0 Å². The lowest BCUT2D eigenvalue weighted by molar-refractivity contribution is -0.141. The summed E-state index contributed by atoms with van der Waals surface area (Å²) in [6, 6.07) is 2.82. The van der Waals surface area contributed by atoms with Gasteiger partial charge in [-0.15, -0.1) is 11.8 Å². The number of hydrogen-bond donors (Lipinski definition) is 0. The first kappa shape index (κ1) is 23.8. The SMILES string of the molecule is CSc1cc(N=C(Cl)c2c(C(F)(F)F)c(C(C)(F)F)nn2CC2CC(F)(F)C2)ccn1. The molecule has 0 aromatic carbocycles. The van der Waals surface area contributed by atoms with E-state index < -0.39 is 65.4 Å². The van der Waals surface area contributed by atoms with Crippen molar-refractivity contribution in [2.24, 2.45) is 10.9 Å². The molecule has 1 aliphatic carbocycles. The highest BCUT2D eigenvalue weighted by atomic mass is 35.5. The zero-order valence-corrected chi connectivity index (χ0v) is 17.7. The van der Waals surface area contributed by atoms with Crippen molar-refractivity contribution >= 4 is 34.2 Å². The molecule has 0 radical (unpaired) electrons. The number of pyridine rings is 1. The maximum Gasteiger partial charge on any atom is 0.420 e. The van der Waals surface area contributed by atoms with Crippen LogP contribution in [0.1, 0.15) is 36.7 Å². The minimum atomic E-state index is -5.23. The van der Waals surface area contributed by atoms with Crippen LogP contribution in [0.15, 0.2) is 28.3 Å². The lowest BCUT2D eigenvalue weighted by atomic mass is 9.81. The van der Waals surface area contributed by atoms with E-state index in [9.17, 15) is 30.7 Å². The zero-order chi connectivity index (χ0) is 23.2. The molecule has 0 atom stereocenters. The average Bonchev–Trinajstić information content (AvgIpc) is 3.00. The third kappa shape index (κ3) is 5.33. The van der Waals surface area contributed by atoms with Crippen LogP contribution in [0.3, 0.4) is 0 Å². The molecular formula is C18H16ClF7N4S. The molecule has 0 saturated heterocycles. The number of nitrogens with zero attached hydrogens (tertiary/aromatic N) is 4. The molecule has 0 bridgehead atoms. The monoisotopic (exact) mass is 488 g/mol. The molecule has 3 rings (SSSR count). The van der Waals surface area contributed by atoms with E-state index in [2.05, 4.69) is 15.1 Å². The van der Waals surface area contributed by atoms with Crippen LogP contribution >= 0.6 is 23.4 Å². The van der Waals surface area contributed by atoms with Gasteiger partial charge in [0.05, 0.1) is 10.7 Å². The van der Waals surface area contributed by atoms with E-state index in [-0.39, 0.29) is 12.6 Å². The molecule has 0 amide bonds. The Kier molecular flexibility index (Phi) is 6.36. The lowest BCUT2D eigenvalue weighted by Gasteiger charge is -2.35. The summed E-state index contributed by atoms with van der Waals surface area (Å²) in [5.41, 5.74) is -4.01. The van der Waals surface area contributed by atoms with Crippen LogP contribution in [0.2, 0.25) is 0 Å². The van der Waals surface area contributed by atoms with Gasteiger partial charge in [0.25, 0.3) is 5.92 Å². The summed E-state index contributed by atoms with van der Waals surface area (Å²) in [5, 5.41) is 3.20. The lowest BCUT2D eigenvalue weighted by Crippen LogP contribution is -2.38. The van der Waals surface area contributed by atoms with Crippen LogP contribution < -0.4 is 0 Å². The molecule has 13 heteroatoms. The van der Waals surface area contributed by atoms with Crippen molar-refractivity contribution in [3.05, 3.63) is 35.3 Å². The smallest absolute Gasteiger partial charge is 0.261 e. The number of hydrogen-bond acceptors (Lipinski definition) is 4. The standard InChI is InChI=1S/C18H16ClF7N4S/c1-16(20,21)14-12(18(24,25)26)13(30(29-14)8-9-6-17(22,23)7-9)15(19)28-10-3-4-27-11(5-10)31-2/h3-5,9H,6-8H2,1-2H3. The second-order valence-corrected chi connectivity index (χ2v) is 8.41. The summed E-state index contributed by atoms with van der Waals surface area (Å²) < 4.78 is 96.3. The van der Waals surface area contributed by atoms with Crippen LogP contribution in [0.25, 0.3) is 0 Å². The van der Waals surface area contributed by atoms with E-state index in [1.54, 1.807) is 6.26 Å². The highest BCUT2D eigenvalue weighted by Crippen LogP contribution is 2.45. The zero-order valence-electron chi connectivity index (χ0n) is 16.2. The highest BCUT2D eigenvalue weighted by molar-refractivity contribution is 7.98. The van der Waals surface area contributed by atoms with E-state index in [0.29, 0.717) is 9.71 Å². The van der Waals surface area contributed by atoms with Crippen molar-refractivity contribution in [2.75, 3.05) is 6.26 Å². The summed E-state index contributed by atoms with van der Waals surface area (Å²) in [4.78, 5) is 7.93. The molecule has 1 fully saturated rings. The second-order valence-electron chi connectivity index (χ2n) is 7.23. The number of rotatable bonds is 6. The van der Waals surface area contributed by atoms with Gasteiger partial charge in [0, 0.05) is 32.5 Å². The third-order valence-electron chi connectivity index (χ3n) is 4.61. The first-order valence-electron chi connectivity index (χ1n) is 8.90. The quantitative estimate of drug-likeness (QED) is 0.265. The highest BCUT2D eigenvalue weighted by Gasteiger charge is 2.49. The summed E-state index contributed by atoms with van der Waals surface area (Å²) in [6.45, 7) is -0.156. The van der Waals surface area contributed by atoms with Crippen molar-refractivity contribution in [2.45, 2.75) is 49.4 Å². The number of aliphatic imine (C=N–C) groups is 1. The first-order chi connectivity index (χ1) is 14.2. The molecule has 1 saturated carbocycles. The van der Waals surface area contributed by atoms with Crippen LogP contribution in [0.4, 0.5) is 36.4 Å². The first-order valence-corrected chi connectivity index (χ1v) is 10.5. The van der Waals surface area contributed by atoms with Gasteiger partial charge in [0.15, 0.2) is 5.17 Å². The molecule has 2 aromatic heterocycles. The van der Waals surface area contributed by atoms with E-state index in [4.69, 9.17) is 11.6 Å². The Morgan fingerprint density at radius 1 is 1.29 bits per heavy atom. The van der Waals surface area contributed by atoms with Gasteiger partial charge >= 0.3 is 6.18 Å². The number of halogens is 8. The Hall–Kier alpha value is -1.82. The second kappa shape index (κ2) is 8.27. The molecule has 1 aliphatic rings. The summed E-state index contributed by atoms with van der Waals surface area (Å²) >= 11 is 7.34. The predicted octanol–water partition coefficient (Wildman–Crippen LogP) is 6.49. The van der Waals surface area contributed by atoms with Gasteiger partial charge in [-0.1, -0.05) is 11.6 Å². The molecule has 170 valence electrons. The Balaban J connectivity index is 2.14. The molecule has 0 aliphatic heterocycles. The fraction of sp³-hybridized carbons (Fsp3) is 0.500. The summed E-state index contributed by atoms with van der Waals surface area (Å²) in [6.07, 6.45) is -3.31. The van der Waals surface area contributed by atoms with Crippen molar-refractivity contribution in [1.29, 1.82) is 0 Å². The normalized spacial score (nSPS) is 17.7. The van der Waals surface area contributed by atoms with Crippen molar-refractivity contribution in [3.8, 4) is 0 Å². The largest absolute Gasteiger partial charge is 0.420 e. The Labute approximate surface area is 181 Å². The van der Waals surface area contributed by atoms with Crippen LogP contribution in [-0.2, 0) is 18.6 Å².